The van der Waals surface area contributed by atoms with Crippen molar-refractivity contribution in [3.8, 4) is 0 Å². The molecule has 5 heteroatoms. The van der Waals surface area contributed by atoms with Crippen LogP contribution in [0.1, 0.15) is 47.0 Å². The number of nitrogens with zero attached hydrogens (tertiary/aromatic N) is 1. The van der Waals surface area contributed by atoms with Crippen molar-refractivity contribution in [3.63, 3.8) is 0 Å². The third-order valence-electron chi connectivity index (χ3n) is 3.35. The third-order valence-corrected chi connectivity index (χ3v) is 5.32. The minimum absolute atomic E-state index is 0.148. The van der Waals surface area contributed by atoms with Crippen molar-refractivity contribution < 1.29 is 8.42 Å². The molecule has 0 fully saturated rings. The predicted molar refractivity (Wildman–Crippen MR) is 68.8 cm³/mol. The molecule has 0 amide bonds. The maximum Gasteiger partial charge on any atom is 0.214 e. The Morgan fingerprint density at radius 1 is 1.12 bits per heavy atom. The molecule has 2 N–H and O–H groups in total. The van der Waals surface area contributed by atoms with Crippen LogP contribution in [-0.2, 0) is 10.0 Å². The van der Waals surface area contributed by atoms with Gasteiger partial charge in [0.25, 0.3) is 0 Å². The summed E-state index contributed by atoms with van der Waals surface area (Å²) in [6.07, 6.45) is 2.35. The molecule has 0 aromatic heterocycles. The van der Waals surface area contributed by atoms with E-state index in [1.54, 1.807) is 11.2 Å². The van der Waals surface area contributed by atoms with E-state index in [1.165, 1.54) is 0 Å². The van der Waals surface area contributed by atoms with Crippen molar-refractivity contribution in [3.05, 3.63) is 0 Å². The van der Waals surface area contributed by atoms with Gasteiger partial charge in [0.1, 0.15) is 0 Å². The van der Waals surface area contributed by atoms with Gasteiger partial charge < -0.3 is 5.73 Å². The van der Waals surface area contributed by atoms with Gasteiger partial charge in [-0.05, 0) is 26.2 Å². The summed E-state index contributed by atoms with van der Waals surface area (Å²) in [6, 6.07) is 0. The van der Waals surface area contributed by atoms with Crippen molar-refractivity contribution >= 4 is 10.0 Å². The molecule has 98 valence electrons. The number of nitrogens with two attached hydrogens (primary N) is 1. The molecule has 0 aliphatic carbocycles. The summed E-state index contributed by atoms with van der Waals surface area (Å²) in [5.41, 5.74) is 5.41. The van der Waals surface area contributed by atoms with Crippen molar-refractivity contribution in [1.82, 2.24) is 4.31 Å². The average Bonchev–Trinajstić information content (AvgIpc) is 2.30. The van der Waals surface area contributed by atoms with Crippen molar-refractivity contribution in [2.24, 2.45) is 5.73 Å². The van der Waals surface area contributed by atoms with E-state index in [0.717, 1.165) is 19.3 Å². The molecule has 0 saturated carbocycles. The van der Waals surface area contributed by atoms with Gasteiger partial charge in [-0.2, -0.15) is 4.31 Å². The highest BCUT2D eigenvalue weighted by Crippen LogP contribution is 2.26. The van der Waals surface area contributed by atoms with Crippen LogP contribution < -0.4 is 5.73 Å². The smallest absolute Gasteiger partial charge is 0.214 e. The lowest BCUT2D eigenvalue weighted by Crippen LogP contribution is -2.56. The number of hydrogen-bond donors (Lipinski definition) is 1. The lowest BCUT2D eigenvalue weighted by atomic mass is 9.93. The fraction of sp³-hybridized carbons (Fsp3) is 1.00. The van der Waals surface area contributed by atoms with Gasteiger partial charge in [-0.1, -0.05) is 20.8 Å². The summed E-state index contributed by atoms with van der Waals surface area (Å²) < 4.78 is 25.8. The first-order valence-corrected chi connectivity index (χ1v) is 7.75. The first-order valence-electron chi connectivity index (χ1n) is 6.14. The summed E-state index contributed by atoms with van der Waals surface area (Å²) in [6.45, 7) is 8.64. The quantitative estimate of drug-likeness (QED) is 0.711. The van der Waals surface area contributed by atoms with Gasteiger partial charge in [-0.3, -0.25) is 0 Å². The summed E-state index contributed by atoms with van der Waals surface area (Å²) in [4.78, 5) is 0. The molecular weight excluding hydrogens is 224 g/mol. The maximum absolute atomic E-state index is 12.1. The Balaban J connectivity index is 5.31. The minimum Gasteiger partial charge on any atom is -0.329 e. The van der Waals surface area contributed by atoms with E-state index in [9.17, 15) is 8.42 Å². The summed E-state index contributed by atoms with van der Waals surface area (Å²) in [7, 11) is -3.16. The zero-order valence-electron chi connectivity index (χ0n) is 11.0. The van der Waals surface area contributed by atoms with E-state index < -0.39 is 15.6 Å². The van der Waals surface area contributed by atoms with E-state index in [1.807, 2.05) is 20.8 Å². The van der Waals surface area contributed by atoms with Gasteiger partial charge >= 0.3 is 0 Å². The zero-order valence-corrected chi connectivity index (χ0v) is 11.8. The van der Waals surface area contributed by atoms with Crippen LogP contribution in [0.4, 0.5) is 0 Å². The molecule has 0 bridgehead atoms. The second kappa shape index (κ2) is 6.57. The molecule has 16 heavy (non-hydrogen) atoms. The second-order valence-corrected chi connectivity index (χ2v) is 6.29. The van der Waals surface area contributed by atoms with Crippen LogP contribution in [0.3, 0.4) is 0 Å². The summed E-state index contributed by atoms with van der Waals surface area (Å²) in [5, 5.41) is 0. The number of rotatable bonds is 8. The van der Waals surface area contributed by atoms with Gasteiger partial charge in [0.2, 0.25) is 10.0 Å². The lowest BCUT2D eigenvalue weighted by molar-refractivity contribution is 0.178. The van der Waals surface area contributed by atoms with Crippen molar-refractivity contribution in [2.45, 2.75) is 52.5 Å². The van der Waals surface area contributed by atoms with Crippen LogP contribution in [0.15, 0.2) is 0 Å². The van der Waals surface area contributed by atoms with Gasteiger partial charge in [0.05, 0.1) is 5.75 Å². The van der Waals surface area contributed by atoms with Crippen LogP contribution in [0.5, 0.6) is 0 Å². The van der Waals surface area contributed by atoms with Crippen LogP contribution >= 0.6 is 0 Å². The normalized spacial score (nSPS) is 13.4. The largest absolute Gasteiger partial charge is 0.329 e. The Bertz CT molecular complexity index is 276. The van der Waals surface area contributed by atoms with Gasteiger partial charge in [-0.15, -0.1) is 0 Å². The Kier molecular flexibility index (Phi) is 6.51. The monoisotopic (exact) mass is 250 g/mol. The molecule has 0 aliphatic heterocycles. The van der Waals surface area contributed by atoms with Crippen LogP contribution in [0.25, 0.3) is 0 Å². The van der Waals surface area contributed by atoms with Crippen molar-refractivity contribution in [1.29, 1.82) is 0 Å². The van der Waals surface area contributed by atoms with Crippen molar-refractivity contribution in [2.75, 3.05) is 18.8 Å². The zero-order chi connectivity index (χ0) is 12.8. The molecule has 0 unspecified atom stereocenters. The standard InChI is InChI=1S/C11H26N2O2S/c1-5-9-13(16(14,15)8-4)11(6-2,7-3)10-12/h5-10,12H2,1-4H3. The highest BCUT2D eigenvalue weighted by molar-refractivity contribution is 7.89. The molecule has 0 aliphatic rings. The second-order valence-electron chi connectivity index (χ2n) is 4.11. The molecule has 0 aromatic carbocycles. The fourth-order valence-corrected chi connectivity index (χ4v) is 3.72. The van der Waals surface area contributed by atoms with Crippen LogP contribution in [0, 0.1) is 0 Å². The highest BCUT2D eigenvalue weighted by atomic mass is 32.2. The topological polar surface area (TPSA) is 63.4 Å². The molecule has 0 rings (SSSR count). The predicted octanol–water partition coefficient (Wildman–Crippen LogP) is 1.57. The fourth-order valence-electron chi connectivity index (χ4n) is 2.02. The van der Waals surface area contributed by atoms with Crippen LogP contribution in [-0.4, -0.2) is 37.1 Å². The first-order chi connectivity index (χ1) is 7.44. The highest BCUT2D eigenvalue weighted by Gasteiger charge is 2.38. The molecule has 0 spiro atoms. The van der Waals surface area contributed by atoms with Gasteiger partial charge in [-0.25, -0.2) is 8.42 Å². The van der Waals surface area contributed by atoms with E-state index in [2.05, 4.69) is 0 Å². The molecule has 0 radical (unpaired) electrons. The molecule has 0 heterocycles. The molecule has 4 nitrogen and oxygen atoms in total. The van der Waals surface area contributed by atoms with E-state index in [4.69, 9.17) is 5.73 Å². The van der Waals surface area contributed by atoms with Gasteiger partial charge in [0.15, 0.2) is 0 Å². The Hall–Kier alpha value is -0.130. The molecule has 0 atom stereocenters. The number of hydrogen-bond acceptors (Lipinski definition) is 3. The van der Waals surface area contributed by atoms with E-state index >= 15 is 0 Å². The number of sulfonamides is 1. The average molecular weight is 250 g/mol. The third kappa shape index (κ3) is 3.18. The van der Waals surface area contributed by atoms with E-state index in [-0.39, 0.29) is 5.75 Å². The lowest BCUT2D eigenvalue weighted by Gasteiger charge is -2.41. The first kappa shape index (κ1) is 15.9. The minimum atomic E-state index is -3.16. The van der Waals surface area contributed by atoms with Crippen LogP contribution in [0.2, 0.25) is 0 Å². The molecule has 0 aromatic rings. The SMILES string of the molecule is CCCN(C(CC)(CC)CN)S(=O)(=O)CC. The molecular formula is C11H26N2O2S. The Labute approximate surface area is 100 Å². The summed E-state index contributed by atoms with van der Waals surface area (Å²) in [5.74, 6) is 0.148. The van der Waals surface area contributed by atoms with E-state index in [0.29, 0.717) is 13.1 Å². The Morgan fingerprint density at radius 2 is 1.62 bits per heavy atom. The summed E-state index contributed by atoms with van der Waals surface area (Å²) >= 11 is 0. The van der Waals surface area contributed by atoms with Gasteiger partial charge in [0, 0.05) is 18.6 Å². The molecule has 0 saturated heterocycles. The Morgan fingerprint density at radius 3 is 1.88 bits per heavy atom. The maximum atomic E-state index is 12.1.